The fourth-order valence-electron chi connectivity index (χ4n) is 1.90. The van der Waals surface area contributed by atoms with Gasteiger partial charge >= 0.3 is 0 Å². The van der Waals surface area contributed by atoms with Gasteiger partial charge in [0, 0.05) is 23.6 Å². The Morgan fingerprint density at radius 1 is 1.14 bits per heavy atom. The number of rotatable bonds is 3. The molecule has 0 radical (unpaired) electrons. The van der Waals surface area contributed by atoms with Gasteiger partial charge in [0.15, 0.2) is 0 Å². The topological polar surface area (TPSA) is 77.8 Å². The Morgan fingerprint density at radius 3 is 2.41 bits per heavy atom. The Labute approximate surface area is 130 Å². The molecule has 0 spiro atoms. The molecule has 5 heteroatoms. The van der Waals surface area contributed by atoms with E-state index in [0.717, 1.165) is 5.69 Å². The average molecular weight is 294 g/mol. The maximum absolute atomic E-state index is 12.2. The van der Waals surface area contributed by atoms with Gasteiger partial charge in [0.2, 0.25) is 0 Å². The van der Waals surface area contributed by atoms with Crippen molar-refractivity contribution in [3.8, 4) is 6.07 Å². The normalized spacial score (nSPS) is 10.6. The van der Waals surface area contributed by atoms with Crippen molar-refractivity contribution in [2.75, 3.05) is 10.6 Å². The summed E-state index contributed by atoms with van der Waals surface area (Å²) >= 11 is 0. The molecular formula is C17H18N4O. The van der Waals surface area contributed by atoms with Crippen LogP contribution in [0.25, 0.3) is 0 Å². The highest BCUT2D eigenvalue weighted by molar-refractivity contribution is 6.04. The molecule has 112 valence electrons. The van der Waals surface area contributed by atoms with E-state index in [-0.39, 0.29) is 11.4 Å². The molecule has 0 atom stereocenters. The minimum atomic E-state index is -0.241. The van der Waals surface area contributed by atoms with Gasteiger partial charge in [-0.1, -0.05) is 0 Å². The molecule has 22 heavy (non-hydrogen) atoms. The van der Waals surface area contributed by atoms with Crippen LogP contribution in [0.15, 0.2) is 42.7 Å². The summed E-state index contributed by atoms with van der Waals surface area (Å²) < 4.78 is 0. The van der Waals surface area contributed by atoms with Crippen molar-refractivity contribution in [2.45, 2.75) is 26.3 Å². The molecule has 0 unspecified atom stereocenters. The number of hydrogen-bond donors (Lipinski definition) is 2. The predicted molar refractivity (Wildman–Crippen MR) is 86.7 cm³/mol. The molecule has 0 saturated carbocycles. The highest BCUT2D eigenvalue weighted by Crippen LogP contribution is 2.16. The molecule has 1 amide bonds. The second-order valence-corrected chi connectivity index (χ2v) is 5.98. The number of benzene rings is 1. The van der Waals surface area contributed by atoms with Gasteiger partial charge in [-0.15, -0.1) is 0 Å². The van der Waals surface area contributed by atoms with Gasteiger partial charge in [-0.05, 0) is 51.1 Å². The number of aromatic nitrogens is 1. The smallest absolute Gasteiger partial charge is 0.257 e. The van der Waals surface area contributed by atoms with Gasteiger partial charge in [-0.2, -0.15) is 5.26 Å². The molecule has 1 aromatic carbocycles. The zero-order valence-corrected chi connectivity index (χ0v) is 12.8. The number of nitrogens with one attached hydrogen (secondary N) is 2. The molecule has 2 N–H and O–H groups in total. The van der Waals surface area contributed by atoms with E-state index >= 15 is 0 Å². The second-order valence-electron chi connectivity index (χ2n) is 5.98. The summed E-state index contributed by atoms with van der Waals surface area (Å²) in [5.74, 6) is -0.241. The van der Waals surface area contributed by atoms with Crippen molar-refractivity contribution in [2.24, 2.45) is 0 Å². The zero-order valence-electron chi connectivity index (χ0n) is 12.8. The van der Waals surface area contributed by atoms with Crippen LogP contribution in [0.3, 0.4) is 0 Å². The molecule has 1 aromatic heterocycles. The molecule has 2 aromatic rings. The third-order valence-electron chi connectivity index (χ3n) is 2.79. The molecular weight excluding hydrogens is 276 g/mol. The zero-order chi connectivity index (χ0) is 16.2. The number of hydrogen-bond acceptors (Lipinski definition) is 4. The van der Waals surface area contributed by atoms with Crippen molar-refractivity contribution < 1.29 is 4.79 Å². The van der Waals surface area contributed by atoms with Crippen LogP contribution in [0, 0.1) is 11.3 Å². The van der Waals surface area contributed by atoms with Crippen LogP contribution < -0.4 is 10.6 Å². The third kappa shape index (κ3) is 4.32. The lowest BCUT2D eigenvalue weighted by Gasteiger charge is -2.22. The van der Waals surface area contributed by atoms with Crippen LogP contribution in [0.4, 0.5) is 11.4 Å². The molecule has 5 nitrogen and oxygen atoms in total. The maximum atomic E-state index is 12.2. The first kappa shape index (κ1) is 15.5. The number of carbonyl (C=O) groups is 1. The van der Waals surface area contributed by atoms with Crippen LogP contribution >= 0.6 is 0 Å². The lowest BCUT2D eigenvalue weighted by Crippen LogP contribution is -2.26. The van der Waals surface area contributed by atoms with E-state index in [1.165, 1.54) is 6.20 Å². The largest absolute Gasteiger partial charge is 0.379 e. The summed E-state index contributed by atoms with van der Waals surface area (Å²) in [5.41, 5.74) is 2.34. The Hall–Kier alpha value is -2.87. The van der Waals surface area contributed by atoms with E-state index in [9.17, 15) is 4.79 Å². The maximum Gasteiger partial charge on any atom is 0.257 e. The summed E-state index contributed by atoms with van der Waals surface area (Å²) in [6.07, 6.45) is 3.20. The lowest BCUT2D eigenvalue weighted by atomic mass is 10.1. The SMILES string of the molecule is CC(C)(C)Nc1cncc(C(=O)Nc2ccc(C#N)cc2)c1. The Balaban J connectivity index is 2.12. The van der Waals surface area contributed by atoms with Gasteiger partial charge in [-0.25, -0.2) is 0 Å². The third-order valence-corrected chi connectivity index (χ3v) is 2.79. The molecule has 0 aliphatic rings. The van der Waals surface area contributed by atoms with Gasteiger partial charge in [-0.3, -0.25) is 9.78 Å². The number of anilines is 2. The summed E-state index contributed by atoms with van der Waals surface area (Å²) in [7, 11) is 0. The number of pyridine rings is 1. The van der Waals surface area contributed by atoms with Crippen molar-refractivity contribution in [3.05, 3.63) is 53.9 Å². The molecule has 0 saturated heterocycles. The van der Waals surface area contributed by atoms with E-state index < -0.39 is 0 Å². The first-order valence-electron chi connectivity index (χ1n) is 6.92. The fraction of sp³-hybridized carbons (Fsp3) is 0.235. The van der Waals surface area contributed by atoms with Crippen LogP contribution in [0.2, 0.25) is 0 Å². The van der Waals surface area contributed by atoms with Crippen molar-refractivity contribution in [1.29, 1.82) is 5.26 Å². The van der Waals surface area contributed by atoms with E-state index in [1.807, 2.05) is 26.8 Å². The van der Waals surface area contributed by atoms with E-state index in [2.05, 4.69) is 15.6 Å². The van der Waals surface area contributed by atoms with E-state index in [4.69, 9.17) is 5.26 Å². The number of nitriles is 1. The Bertz CT molecular complexity index is 709. The number of carbonyl (C=O) groups excluding carboxylic acids is 1. The molecule has 0 aliphatic carbocycles. The van der Waals surface area contributed by atoms with Crippen LogP contribution in [0.1, 0.15) is 36.7 Å². The fourth-order valence-corrected chi connectivity index (χ4v) is 1.90. The van der Waals surface area contributed by atoms with Crippen molar-refractivity contribution in [3.63, 3.8) is 0 Å². The van der Waals surface area contributed by atoms with Crippen LogP contribution in [0.5, 0.6) is 0 Å². The van der Waals surface area contributed by atoms with Gasteiger partial charge in [0.1, 0.15) is 0 Å². The van der Waals surface area contributed by atoms with Gasteiger partial charge in [0.05, 0.1) is 22.9 Å². The van der Waals surface area contributed by atoms with Gasteiger partial charge < -0.3 is 10.6 Å². The first-order valence-corrected chi connectivity index (χ1v) is 6.92. The van der Waals surface area contributed by atoms with Crippen LogP contribution in [-0.4, -0.2) is 16.4 Å². The van der Waals surface area contributed by atoms with Crippen molar-refractivity contribution >= 4 is 17.3 Å². The minimum Gasteiger partial charge on any atom is -0.379 e. The first-order chi connectivity index (χ1) is 10.4. The number of nitrogens with zero attached hydrogens (tertiary/aromatic N) is 2. The summed E-state index contributed by atoms with van der Waals surface area (Å²) in [5, 5.41) is 14.8. The highest BCUT2D eigenvalue weighted by atomic mass is 16.1. The highest BCUT2D eigenvalue weighted by Gasteiger charge is 2.12. The summed E-state index contributed by atoms with van der Waals surface area (Å²) in [6.45, 7) is 6.11. The Kier molecular flexibility index (Phi) is 4.42. The number of amides is 1. The van der Waals surface area contributed by atoms with E-state index in [0.29, 0.717) is 16.8 Å². The standard InChI is InChI=1S/C17H18N4O/c1-17(2,3)21-15-8-13(10-19-11-15)16(22)20-14-6-4-12(9-18)5-7-14/h4-8,10-11,21H,1-3H3,(H,20,22). The summed E-state index contributed by atoms with van der Waals surface area (Å²) in [6, 6.07) is 10.5. The lowest BCUT2D eigenvalue weighted by molar-refractivity contribution is 0.102. The summed E-state index contributed by atoms with van der Waals surface area (Å²) in [4.78, 5) is 16.3. The van der Waals surface area contributed by atoms with Gasteiger partial charge in [0.25, 0.3) is 5.91 Å². The van der Waals surface area contributed by atoms with E-state index in [1.54, 1.807) is 36.5 Å². The predicted octanol–water partition coefficient (Wildman–Crippen LogP) is 3.42. The second kappa shape index (κ2) is 6.27. The molecule has 0 bridgehead atoms. The minimum absolute atomic E-state index is 0.107. The quantitative estimate of drug-likeness (QED) is 0.909. The van der Waals surface area contributed by atoms with Crippen LogP contribution in [-0.2, 0) is 0 Å². The van der Waals surface area contributed by atoms with Crippen molar-refractivity contribution in [1.82, 2.24) is 4.98 Å². The monoisotopic (exact) mass is 294 g/mol. The molecule has 1 heterocycles. The molecule has 2 rings (SSSR count). The molecule has 0 fully saturated rings. The average Bonchev–Trinajstić information content (AvgIpc) is 2.46. The molecule has 0 aliphatic heterocycles. The Morgan fingerprint density at radius 2 is 1.82 bits per heavy atom.